The molecule has 140 valence electrons. The van der Waals surface area contributed by atoms with E-state index in [0.717, 1.165) is 16.8 Å². The minimum absolute atomic E-state index is 0.302. The molecule has 1 aromatic heterocycles. The highest BCUT2D eigenvalue weighted by Crippen LogP contribution is 2.30. The fourth-order valence-electron chi connectivity index (χ4n) is 2.52. The molecule has 0 unspecified atom stereocenters. The molecular weight excluding hydrogens is 365 g/mol. The predicted molar refractivity (Wildman–Crippen MR) is 103 cm³/mol. The quantitative estimate of drug-likeness (QED) is 0.464. The summed E-state index contributed by atoms with van der Waals surface area (Å²) in [5, 5.41) is 8.70. The number of hydrogen-bond donors (Lipinski definition) is 0. The summed E-state index contributed by atoms with van der Waals surface area (Å²) in [6.07, 6.45) is 0. The Morgan fingerprint density at radius 2 is 1.81 bits per heavy atom. The van der Waals surface area contributed by atoms with Crippen LogP contribution in [-0.2, 0) is 9.53 Å². The lowest BCUT2D eigenvalue weighted by molar-refractivity contribution is -0.142. The molecule has 7 heteroatoms. The molecule has 0 aliphatic carbocycles. The van der Waals surface area contributed by atoms with Gasteiger partial charge in [0.15, 0.2) is 11.0 Å². The van der Waals surface area contributed by atoms with E-state index in [9.17, 15) is 9.18 Å². The Hall–Kier alpha value is -2.67. The molecule has 3 rings (SSSR count). The predicted octanol–water partition coefficient (Wildman–Crippen LogP) is 4.43. The minimum atomic E-state index is -0.431. The Bertz CT molecular complexity index is 923. The minimum Gasteiger partial charge on any atom is -0.465 e. The summed E-state index contributed by atoms with van der Waals surface area (Å²) in [6, 6.07) is 14.0. The van der Waals surface area contributed by atoms with Crippen LogP contribution >= 0.6 is 11.8 Å². The average Bonchev–Trinajstić information content (AvgIpc) is 3.06. The number of aromatic nitrogens is 3. The number of esters is 1. The van der Waals surface area contributed by atoms with E-state index >= 15 is 0 Å². The monoisotopic (exact) mass is 385 g/mol. The second-order valence-corrected chi connectivity index (χ2v) is 7.30. The van der Waals surface area contributed by atoms with E-state index in [0.29, 0.717) is 17.6 Å². The topological polar surface area (TPSA) is 57.0 Å². The number of thioether (sulfide) groups is 1. The van der Waals surface area contributed by atoms with Gasteiger partial charge < -0.3 is 4.74 Å². The summed E-state index contributed by atoms with van der Waals surface area (Å²) in [6.45, 7) is 5.88. The summed E-state index contributed by atoms with van der Waals surface area (Å²) >= 11 is 1.28. The molecule has 0 aliphatic heterocycles. The van der Waals surface area contributed by atoms with Gasteiger partial charge >= 0.3 is 5.97 Å². The maximum Gasteiger partial charge on any atom is 0.319 e. The van der Waals surface area contributed by atoms with Crippen LogP contribution < -0.4 is 0 Å². The van der Waals surface area contributed by atoms with Crippen LogP contribution in [0.5, 0.6) is 0 Å². The fourth-order valence-corrected chi connectivity index (χ4v) is 3.39. The van der Waals surface area contributed by atoms with Gasteiger partial charge in [-0.2, -0.15) is 0 Å². The highest BCUT2D eigenvalue weighted by molar-refractivity contribution is 8.00. The third kappa shape index (κ3) is 4.36. The molecule has 3 aromatic rings. The van der Waals surface area contributed by atoms with Crippen molar-refractivity contribution >= 4 is 17.7 Å². The highest BCUT2D eigenvalue weighted by atomic mass is 32.2. The molecule has 0 bridgehead atoms. The number of carbonyl (C=O) groups is 1. The number of aryl methyl sites for hydroxylation is 1. The van der Waals surface area contributed by atoms with E-state index in [2.05, 4.69) is 10.2 Å². The Kier molecular flexibility index (Phi) is 5.91. The van der Waals surface area contributed by atoms with E-state index in [1.807, 2.05) is 35.8 Å². The summed E-state index contributed by atoms with van der Waals surface area (Å²) in [4.78, 5) is 12.0. The zero-order chi connectivity index (χ0) is 19.4. The Morgan fingerprint density at radius 1 is 1.15 bits per heavy atom. The fraction of sp³-hybridized carbons (Fsp3) is 0.250. The van der Waals surface area contributed by atoms with Crippen LogP contribution in [0.1, 0.15) is 19.4 Å². The van der Waals surface area contributed by atoms with Crippen molar-refractivity contribution in [1.29, 1.82) is 0 Å². The van der Waals surface area contributed by atoms with Crippen molar-refractivity contribution in [3.63, 3.8) is 0 Å². The molecule has 27 heavy (non-hydrogen) atoms. The van der Waals surface area contributed by atoms with Gasteiger partial charge in [0.1, 0.15) is 11.1 Å². The van der Waals surface area contributed by atoms with Crippen LogP contribution in [0.4, 0.5) is 4.39 Å². The number of carbonyl (C=O) groups excluding carboxylic acids is 1. The maximum atomic E-state index is 13.3. The third-order valence-corrected chi connectivity index (χ3v) is 4.95. The molecule has 0 N–H and O–H groups in total. The first-order valence-corrected chi connectivity index (χ1v) is 9.49. The molecule has 0 fully saturated rings. The maximum absolute atomic E-state index is 13.3. The summed E-state index contributed by atoms with van der Waals surface area (Å²) in [7, 11) is 0. The number of rotatable bonds is 6. The molecule has 0 saturated heterocycles. The first-order chi connectivity index (χ1) is 13.0. The smallest absolute Gasteiger partial charge is 0.319 e. The summed E-state index contributed by atoms with van der Waals surface area (Å²) in [5.41, 5.74) is 2.73. The Balaban J connectivity index is 2.04. The standard InChI is InChI=1S/C20H20FN3O2S/c1-4-26-19(25)14(3)27-20-23-22-18(15-7-9-16(21)10-8-15)24(20)17-11-5-13(2)6-12-17/h5-12,14H,4H2,1-3H3/t14-/m1/s1. The van der Waals surface area contributed by atoms with Crippen molar-refractivity contribution in [3.05, 3.63) is 59.9 Å². The van der Waals surface area contributed by atoms with Crippen molar-refractivity contribution in [2.75, 3.05) is 6.61 Å². The van der Waals surface area contributed by atoms with Crippen molar-refractivity contribution in [2.45, 2.75) is 31.2 Å². The molecule has 0 amide bonds. The molecule has 2 aromatic carbocycles. The van der Waals surface area contributed by atoms with Gasteiger partial charge in [0.05, 0.1) is 6.61 Å². The number of halogens is 1. The largest absolute Gasteiger partial charge is 0.465 e. The van der Waals surface area contributed by atoms with E-state index in [1.165, 1.54) is 23.9 Å². The highest BCUT2D eigenvalue weighted by Gasteiger charge is 2.22. The Morgan fingerprint density at radius 3 is 2.44 bits per heavy atom. The van der Waals surface area contributed by atoms with Gasteiger partial charge in [-0.1, -0.05) is 29.5 Å². The normalized spacial score (nSPS) is 12.0. The molecule has 5 nitrogen and oxygen atoms in total. The van der Waals surface area contributed by atoms with E-state index in [1.54, 1.807) is 26.0 Å². The number of nitrogens with zero attached hydrogens (tertiary/aromatic N) is 3. The second kappa shape index (κ2) is 8.35. The van der Waals surface area contributed by atoms with Crippen molar-refractivity contribution < 1.29 is 13.9 Å². The first-order valence-electron chi connectivity index (χ1n) is 8.61. The Labute approximate surface area is 161 Å². The van der Waals surface area contributed by atoms with Crippen LogP contribution in [0.15, 0.2) is 53.7 Å². The molecule has 1 atom stereocenters. The summed E-state index contributed by atoms with van der Waals surface area (Å²) < 4.78 is 20.3. The van der Waals surface area contributed by atoms with Crippen molar-refractivity contribution in [2.24, 2.45) is 0 Å². The molecule has 0 radical (unpaired) electrons. The number of ether oxygens (including phenoxy) is 1. The number of benzene rings is 2. The van der Waals surface area contributed by atoms with Gasteiger partial charge in [0.25, 0.3) is 0 Å². The van der Waals surface area contributed by atoms with Gasteiger partial charge in [-0.15, -0.1) is 10.2 Å². The third-order valence-electron chi connectivity index (χ3n) is 3.93. The van der Waals surface area contributed by atoms with Gasteiger partial charge in [0, 0.05) is 11.3 Å². The molecular formula is C20H20FN3O2S. The molecule has 0 aliphatic rings. The van der Waals surface area contributed by atoms with Crippen LogP contribution in [0, 0.1) is 12.7 Å². The van der Waals surface area contributed by atoms with Crippen LogP contribution in [0.2, 0.25) is 0 Å². The lowest BCUT2D eigenvalue weighted by atomic mass is 10.2. The van der Waals surface area contributed by atoms with Gasteiger partial charge in [-0.3, -0.25) is 9.36 Å². The average molecular weight is 385 g/mol. The van der Waals surface area contributed by atoms with Crippen molar-refractivity contribution in [1.82, 2.24) is 14.8 Å². The van der Waals surface area contributed by atoms with Gasteiger partial charge in [-0.05, 0) is 57.2 Å². The SMILES string of the molecule is CCOC(=O)[C@@H](C)Sc1nnc(-c2ccc(F)cc2)n1-c1ccc(C)cc1. The van der Waals surface area contributed by atoms with E-state index in [4.69, 9.17) is 4.74 Å². The van der Waals surface area contributed by atoms with Crippen LogP contribution in [0.25, 0.3) is 17.1 Å². The van der Waals surface area contributed by atoms with E-state index < -0.39 is 5.25 Å². The lowest BCUT2D eigenvalue weighted by Gasteiger charge is -2.13. The molecule has 0 saturated carbocycles. The van der Waals surface area contributed by atoms with Crippen molar-refractivity contribution in [3.8, 4) is 17.1 Å². The van der Waals surface area contributed by atoms with Crippen LogP contribution in [0.3, 0.4) is 0 Å². The van der Waals surface area contributed by atoms with E-state index in [-0.39, 0.29) is 11.8 Å². The second-order valence-electron chi connectivity index (χ2n) is 6.00. The van der Waals surface area contributed by atoms with Gasteiger partial charge in [0.2, 0.25) is 0 Å². The van der Waals surface area contributed by atoms with Crippen LogP contribution in [-0.4, -0.2) is 32.6 Å². The zero-order valence-electron chi connectivity index (χ0n) is 15.3. The first kappa shape index (κ1) is 19.1. The molecule has 0 spiro atoms. The summed E-state index contributed by atoms with van der Waals surface area (Å²) in [5.74, 6) is -0.0348. The number of hydrogen-bond acceptors (Lipinski definition) is 5. The van der Waals surface area contributed by atoms with Gasteiger partial charge in [-0.25, -0.2) is 4.39 Å². The molecule has 1 heterocycles. The zero-order valence-corrected chi connectivity index (χ0v) is 16.2. The lowest BCUT2D eigenvalue weighted by Crippen LogP contribution is -2.17.